The smallest absolute Gasteiger partial charge is 0.0670 e. The van der Waals surface area contributed by atoms with Crippen LogP contribution >= 0.6 is 0 Å². The molecule has 0 aliphatic carbocycles. The SMILES string of the molecule is C[C@H]1C[C@@H](O)CN(C[C@@H](C)O)C1. The van der Waals surface area contributed by atoms with E-state index in [0.29, 0.717) is 12.5 Å². The normalized spacial score (nSPS) is 35.0. The van der Waals surface area contributed by atoms with E-state index < -0.39 is 0 Å². The van der Waals surface area contributed by atoms with Crippen molar-refractivity contribution in [2.45, 2.75) is 32.5 Å². The van der Waals surface area contributed by atoms with Crippen LogP contribution in [0.5, 0.6) is 0 Å². The fourth-order valence-corrected chi connectivity index (χ4v) is 1.95. The highest BCUT2D eigenvalue weighted by molar-refractivity contribution is 4.77. The molecule has 0 bridgehead atoms. The molecule has 2 N–H and O–H groups in total. The van der Waals surface area contributed by atoms with Gasteiger partial charge in [0.25, 0.3) is 0 Å². The summed E-state index contributed by atoms with van der Waals surface area (Å²) in [6.07, 6.45) is 0.408. The van der Waals surface area contributed by atoms with Crippen molar-refractivity contribution >= 4 is 0 Å². The Morgan fingerprint density at radius 1 is 1.50 bits per heavy atom. The van der Waals surface area contributed by atoms with Crippen LogP contribution in [0.2, 0.25) is 0 Å². The van der Waals surface area contributed by atoms with Crippen molar-refractivity contribution in [2.75, 3.05) is 19.6 Å². The summed E-state index contributed by atoms with van der Waals surface area (Å²) in [7, 11) is 0. The summed E-state index contributed by atoms with van der Waals surface area (Å²) >= 11 is 0. The third-order valence-electron chi connectivity index (χ3n) is 2.24. The summed E-state index contributed by atoms with van der Waals surface area (Å²) in [6.45, 7) is 6.32. The molecule has 3 atom stereocenters. The molecule has 0 aromatic rings. The van der Waals surface area contributed by atoms with Gasteiger partial charge in [-0.15, -0.1) is 0 Å². The third kappa shape index (κ3) is 3.09. The second-order valence-corrected chi connectivity index (χ2v) is 4.06. The van der Waals surface area contributed by atoms with E-state index in [1.807, 2.05) is 0 Å². The van der Waals surface area contributed by atoms with Crippen LogP contribution in [-0.4, -0.2) is 47.0 Å². The van der Waals surface area contributed by atoms with E-state index in [1.54, 1.807) is 6.92 Å². The molecule has 3 heteroatoms. The summed E-state index contributed by atoms with van der Waals surface area (Å²) in [4.78, 5) is 2.13. The number of likely N-dealkylation sites (tertiary alicyclic amines) is 1. The molecule has 1 rings (SSSR count). The molecule has 72 valence electrons. The summed E-state index contributed by atoms with van der Waals surface area (Å²) in [5.41, 5.74) is 0. The minimum atomic E-state index is -0.289. The largest absolute Gasteiger partial charge is 0.392 e. The topological polar surface area (TPSA) is 43.7 Å². The van der Waals surface area contributed by atoms with Crippen LogP contribution in [0.15, 0.2) is 0 Å². The summed E-state index contributed by atoms with van der Waals surface area (Å²) < 4.78 is 0. The van der Waals surface area contributed by atoms with E-state index in [2.05, 4.69) is 11.8 Å². The first-order valence-electron chi connectivity index (χ1n) is 4.66. The Balaban J connectivity index is 2.34. The van der Waals surface area contributed by atoms with Crippen molar-refractivity contribution in [3.8, 4) is 0 Å². The third-order valence-corrected chi connectivity index (χ3v) is 2.24. The molecular formula is C9H19NO2. The van der Waals surface area contributed by atoms with Crippen molar-refractivity contribution in [2.24, 2.45) is 5.92 Å². The Kier molecular flexibility index (Phi) is 3.50. The first kappa shape index (κ1) is 9.96. The van der Waals surface area contributed by atoms with E-state index in [9.17, 15) is 5.11 Å². The van der Waals surface area contributed by atoms with E-state index in [4.69, 9.17) is 5.11 Å². The van der Waals surface area contributed by atoms with Gasteiger partial charge in [-0.3, -0.25) is 4.90 Å². The predicted octanol–water partition coefficient (Wildman–Crippen LogP) is 0.0699. The molecule has 3 nitrogen and oxygen atoms in total. The Morgan fingerprint density at radius 2 is 2.17 bits per heavy atom. The zero-order valence-corrected chi connectivity index (χ0v) is 7.90. The number of hydrogen-bond donors (Lipinski definition) is 2. The molecule has 1 saturated heterocycles. The Labute approximate surface area is 74.0 Å². The molecule has 12 heavy (non-hydrogen) atoms. The zero-order valence-electron chi connectivity index (χ0n) is 7.90. The van der Waals surface area contributed by atoms with Gasteiger partial charge in [-0.05, 0) is 19.3 Å². The fourth-order valence-electron chi connectivity index (χ4n) is 1.95. The molecule has 0 amide bonds. The Morgan fingerprint density at radius 3 is 2.67 bits per heavy atom. The molecule has 1 aliphatic heterocycles. The number of piperidine rings is 1. The van der Waals surface area contributed by atoms with E-state index in [1.165, 1.54) is 0 Å². The van der Waals surface area contributed by atoms with Gasteiger partial charge >= 0.3 is 0 Å². The van der Waals surface area contributed by atoms with Gasteiger partial charge in [0.1, 0.15) is 0 Å². The van der Waals surface area contributed by atoms with Gasteiger partial charge in [0.2, 0.25) is 0 Å². The van der Waals surface area contributed by atoms with Crippen LogP contribution in [0.4, 0.5) is 0 Å². The van der Waals surface area contributed by atoms with Crippen molar-refractivity contribution in [1.82, 2.24) is 4.90 Å². The van der Waals surface area contributed by atoms with Gasteiger partial charge in [-0.25, -0.2) is 0 Å². The summed E-state index contributed by atoms with van der Waals surface area (Å²) in [5, 5.41) is 18.6. The average molecular weight is 173 g/mol. The molecule has 0 radical (unpaired) electrons. The summed E-state index contributed by atoms with van der Waals surface area (Å²) in [6, 6.07) is 0. The lowest BCUT2D eigenvalue weighted by atomic mass is 9.98. The quantitative estimate of drug-likeness (QED) is 0.621. The lowest BCUT2D eigenvalue weighted by Crippen LogP contribution is -2.44. The van der Waals surface area contributed by atoms with Crippen molar-refractivity contribution < 1.29 is 10.2 Å². The van der Waals surface area contributed by atoms with Crippen LogP contribution in [-0.2, 0) is 0 Å². The van der Waals surface area contributed by atoms with Crippen LogP contribution in [0.3, 0.4) is 0 Å². The first-order valence-corrected chi connectivity index (χ1v) is 4.66. The molecule has 1 aliphatic rings. The minimum absolute atomic E-state index is 0.201. The number of aliphatic hydroxyl groups excluding tert-OH is 2. The monoisotopic (exact) mass is 173 g/mol. The second kappa shape index (κ2) is 4.21. The summed E-state index contributed by atoms with van der Waals surface area (Å²) in [5.74, 6) is 0.549. The van der Waals surface area contributed by atoms with E-state index in [0.717, 1.165) is 19.5 Å². The van der Waals surface area contributed by atoms with Gasteiger partial charge in [0.15, 0.2) is 0 Å². The maximum atomic E-state index is 9.44. The number of β-amino-alcohol motifs (C(OH)–C–C–N with tert-alkyl or cyclic N) is 2. The van der Waals surface area contributed by atoms with Crippen molar-refractivity contribution in [1.29, 1.82) is 0 Å². The first-order chi connectivity index (χ1) is 5.58. The number of rotatable bonds is 2. The van der Waals surface area contributed by atoms with Gasteiger partial charge < -0.3 is 10.2 Å². The van der Waals surface area contributed by atoms with E-state index in [-0.39, 0.29) is 12.2 Å². The van der Waals surface area contributed by atoms with Crippen LogP contribution in [0.1, 0.15) is 20.3 Å². The molecule has 0 saturated carbocycles. The number of aliphatic hydroxyl groups is 2. The molecule has 0 spiro atoms. The Bertz CT molecular complexity index is 126. The highest BCUT2D eigenvalue weighted by Gasteiger charge is 2.23. The Hall–Kier alpha value is -0.120. The van der Waals surface area contributed by atoms with Gasteiger partial charge in [0.05, 0.1) is 12.2 Å². The van der Waals surface area contributed by atoms with Crippen LogP contribution < -0.4 is 0 Å². The molecule has 0 unspecified atom stereocenters. The molecule has 0 aromatic heterocycles. The maximum absolute atomic E-state index is 9.44. The molecular weight excluding hydrogens is 154 g/mol. The predicted molar refractivity (Wildman–Crippen MR) is 47.9 cm³/mol. The van der Waals surface area contributed by atoms with E-state index >= 15 is 0 Å². The highest BCUT2D eigenvalue weighted by Crippen LogP contribution is 2.15. The van der Waals surface area contributed by atoms with Gasteiger partial charge in [-0.1, -0.05) is 6.92 Å². The fraction of sp³-hybridized carbons (Fsp3) is 1.00. The maximum Gasteiger partial charge on any atom is 0.0670 e. The van der Waals surface area contributed by atoms with Crippen LogP contribution in [0.25, 0.3) is 0 Å². The van der Waals surface area contributed by atoms with Crippen molar-refractivity contribution in [3.05, 3.63) is 0 Å². The lowest BCUT2D eigenvalue weighted by molar-refractivity contribution is 0.0229. The highest BCUT2D eigenvalue weighted by atomic mass is 16.3. The number of nitrogens with zero attached hydrogens (tertiary/aromatic N) is 1. The molecule has 1 heterocycles. The van der Waals surface area contributed by atoms with Crippen LogP contribution in [0, 0.1) is 5.92 Å². The molecule has 1 fully saturated rings. The molecule has 0 aromatic carbocycles. The lowest BCUT2D eigenvalue weighted by Gasteiger charge is -2.34. The average Bonchev–Trinajstić information content (AvgIpc) is 1.81. The second-order valence-electron chi connectivity index (χ2n) is 4.06. The zero-order chi connectivity index (χ0) is 9.14. The van der Waals surface area contributed by atoms with Gasteiger partial charge in [0, 0.05) is 19.6 Å². The van der Waals surface area contributed by atoms with Gasteiger partial charge in [-0.2, -0.15) is 0 Å². The number of hydrogen-bond acceptors (Lipinski definition) is 3. The minimum Gasteiger partial charge on any atom is -0.392 e. The standard InChI is InChI=1S/C9H19NO2/c1-7-3-9(12)6-10(4-7)5-8(2)11/h7-9,11-12H,3-6H2,1-2H3/t7-,8+,9+/m0/s1. The van der Waals surface area contributed by atoms with Crippen molar-refractivity contribution in [3.63, 3.8) is 0 Å².